The number of urea groups is 1. The van der Waals surface area contributed by atoms with Gasteiger partial charge in [0, 0.05) is 38.2 Å². The number of alkyl halides is 3. The molecule has 0 bridgehead atoms. The standard InChI is InChI=1S/C30H31F5N4O4/c1-16(2)39-25-13-23(32)24(12-21(25)27(41)38(29(39)43)15-17-5-6-17)36-28(42)37-9-3-4-18(14-37)10-26(40)20-8-7-19(11-22(20)31)30(33,34)35/h7-8,11-13,16-18H,3-6,9-10,14-15H2,1-2H3,(H,36,42). The molecule has 1 aliphatic carbocycles. The molecule has 0 radical (unpaired) electrons. The lowest BCUT2D eigenvalue weighted by atomic mass is 9.90. The summed E-state index contributed by atoms with van der Waals surface area (Å²) in [6, 6.07) is 3.00. The first-order chi connectivity index (χ1) is 20.2. The molecule has 2 amide bonds. The van der Waals surface area contributed by atoms with Crippen LogP contribution >= 0.6 is 0 Å². The van der Waals surface area contributed by atoms with E-state index in [-0.39, 0.29) is 54.1 Å². The van der Waals surface area contributed by atoms with Crippen molar-refractivity contribution in [3.63, 3.8) is 0 Å². The molecule has 2 aromatic carbocycles. The van der Waals surface area contributed by atoms with Gasteiger partial charge >= 0.3 is 17.9 Å². The summed E-state index contributed by atoms with van der Waals surface area (Å²) >= 11 is 0. The van der Waals surface area contributed by atoms with E-state index in [0.717, 1.165) is 29.5 Å². The van der Waals surface area contributed by atoms with Crippen molar-refractivity contribution >= 4 is 28.4 Å². The third-order valence-corrected chi connectivity index (χ3v) is 8.03. The lowest BCUT2D eigenvalue weighted by Crippen LogP contribution is -2.43. The predicted molar refractivity (Wildman–Crippen MR) is 149 cm³/mol. The van der Waals surface area contributed by atoms with Crippen LogP contribution < -0.4 is 16.6 Å². The monoisotopic (exact) mass is 606 g/mol. The van der Waals surface area contributed by atoms with E-state index < -0.39 is 57.9 Å². The lowest BCUT2D eigenvalue weighted by molar-refractivity contribution is -0.137. The Kier molecular flexibility index (Phi) is 8.19. The normalized spacial score (nSPS) is 17.5. The molecule has 2 fully saturated rings. The highest BCUT2D eigenvalue weighted by Crippen LogP contribution is 2.32. The number of Topliss-reactive ketones (excluding diaryl/α,β-unsaturated/α-hetero) is 1. The molecular formula is C30H31F5N4O4. The van der Waals surface area contributed by atoms with Gasteiger partial charge in [0.15, 0.2) is 5.78 Å². The zero-order valence-electron chi connectivity index (χ0n) is 23.6. The number of amides is 2. The largest absolute Gasteiger partial charge is 0.416 e. The second-order valence-corrected chi connectivity index (χ2v) is 11.7. The fraction of sp³-hybridized carbons (Fsp3) is 0.467. The summed E-state index contributed by atoms with van der Waals surface area (Å²) in [5.41, 5.74) is -2.85. The number of halogens is 5. The number of likely N-dealkylation sites (tertiary alicyclic amines) is 1. The first kappa shape index (κ1) is 30.4. The van der Waals surface area contributed by atoms with Crippen LogP contribution in [0.25, 0.3) is 10.9 Å². The Morgan fingerprint density at radius 1 is 1.00 bits per heavy atom. The highest BCUT2D eigenvalue weighted by atomic mass is 19.4. The van der Waals surface area contributed by atoms with Crippen molar-refractivity contribution in [3.05, 3.63) is 73.9 Å². The van der Waals surface area contributed by atoms with E-state index in [0.29, 0.717) is 25.5 Å². The molecule has 0 spiro atoms. The van der Waals surface area contributed by atoms with Crippen molar-refractivity contribution in [3.8, 4) is 0 Å². The smallest absolute Gasteiger partial charge is 0.324 e. The molecule has 1 unspecified atom stereocenters. The zero-order valence-corrected chi connectivity index (χ0v) is 23.6. The van der Waals surface area contributed by atoms with E-state index in [9.17, 15) is 36.7 Å². The first-order valence-corrected chi connectivity index (χ1v) is 14.2. The molecule has 1 aromatic heterocycles. The van der Waals surface area contributed by atoms with Gasteiger partial charge in [0.1, 0.15) is 11.6 Å². The number of carbonyl (C=O) groups excluding carboxylic acids is 2. The van der Waals surface area contributed by atoms with Crippen LogP contribution in [0.2, 0.25) is 0 Å². The molecule has 1 saturated carbocycles. The molecule has 5 rings (SSSR count). The minimum absolute atomic E-state index is 0.0795. The molecule has 1 saturated heterocycles. The topological polar surface area (TPSA) is 93.4 Å². The molecule has 13 heteroatoms. The van der Waals surface area contributed by atoms with E-state index in [4.69, 9.17) is 0 Å². The molecule has 2 aliphatic rings. The number of hydrogen-bond donors (Lipinski definition) is 1. The van der Waals surface area contributed by atoms with E-state index in [1.165, 1.54) is 15.5 Å². The molecule has 1 N–H and O–H groups in total. The summed E-state index contributed by atoms with van der Waals surface area (Å²) in [5, 5.41) is 2.58. The number of nitrogens with one attached hydrogen (secondary N) is 1. The SMILES string of the molecule is CC(C)n1c(=O)n(CC2CC2)c(=O)c2cc(NC(=O)N3CCCC(CC(=O)c4ccc(C(F)(F)F)cc4F)C3)c(F)cc21. The van der Waals surface area contributed by atoms with Gasteiger partial charge in [-0.1, -0.05) is 0 Å². The minimum atomic E-state index is -4.74. The van der Waals surface area contributed by atoms with Crippen LogP contribution in [0.4, 0.5) is 32.4 Å². The summed E-state index contributed by atoms with van der Waals surface area (Å²) in [4.78, 5) is 53.6. The van der Waals surface area contributed by atoms with Crippen LogP contribution in [0.1, 0.15) is 67.9 Å². The summed E-state index contributed by atoms with van der Waals surface area (Å²) in [7, 11) is 0. The fourth-order valence-electron chi connectivity index (χ4n) is 5.61. The van der Waals surface area contributed by atoms with Gasteiger partial charge in [-0.2, -0.15) is 13.2 Å². The van der Waals surface area contributed by atoms with Gasteiger partial charge in [-0.05, 0) is 75.6 Å². The molecule has 8 nitrogen and oxygen atoms in total. The van der Waals surface area contributed by atoms with E-state index in [2.05, 4.69) is 5.32 Å². The number of hydrogen-bond acceptors (Lipinski definition) is 4. The maximum absolute atomic E-state index is 15.2. The van der Waals surface area contributed by atoms with Crippen LogP contribution in [0.3, 0.4) is 0 Å². The maximum atomic E-state index is 15.2. The molecule has 43 heavy (non-hydrogen) atoms. The van der Waals surface area contributed by atoms with Crippen LogP contribution in [-0.2, 0) is 12.7 Å². The van der Waals surface area contributed by atoms with Gasteiger partial charge in [0.25, 0.3) is 5.56 Å². The van der Waals surface area contributed by atoms with Gasteiger partial charge in [0.05, 0.1) is 27.7 Å². The highest BCUT2D eigenvalue weighted by Gasteiger charge is 2.33. The Balaban J connectivity index is 1.33. The van der Waals surface area contributed by atoms with Crippen molar-refractivity contribution < 1.29 is 31.5 Å². The number of ketones is 1. The van der Waals surface area contributed by atoms with Gasteiger partial charge in [-0.3, -0.25) is 18.7 Å². The van der Waals surface area contributed by atoms with Crippen LogP contribution in [-0.4, -0.2) is 38.9 Å². The second kappa shape index (κ2) is 11.6. The van der Waals surface area contributed by atoms with Crippen LogP contribution in [0, 0.1) is 23.5 Å². The third-order valence-electron chi connectivity index (χ3n) is 8.03. The van der Waals surface area contributed by atoms with Crippen molar-refractivity contribution in [2.45, 2.75) is 64.7 Å². The summed E-state index contributed by atoms with van der Waals surface area (Å²) in [6.45, 7) is 4.15. The van der Waals surface area contributed by atoms with Gasteiger partial charge in [0.2, 0.25) is 0 Å². The quantitative estimate of drug-likeness (QED) is 0.265. The molecule has 1 atom stereocenters. The van der Waals surface area contributed by atoms with Crippen molar-refractivity contribution in [2.75, 3.05) is 18.4 Å². The van der Waals surface area contributed by atoms with Gasteiger partial charge < -0.3 is 10.2 Å². The minimum Gasteiger partial charge on any atom is -0.324 e. The van der Waals surface area contributed by atoms with Crippen LogP contribution in [0.5, 0.6) is 0 Å². The Hall–Kier alpha value is -4.03. The third kappa shape index (κ3) is 6.35. The van der Waals surface area contributed by atoms with Crippen molar-refractivity contribution in [1.29, 1.82) is 0 Å². The number of anilines is 1. The second-order valence-electron chi connectivity index (χ2n) is 11.7. The fourth-order valence-corrected chi connectivity index (χ4v) is 5.61. The number of fused-ring (bicyclic) bond motifs is 1. The van der Waals surface area contributed by atoms with Crippen molar-refractivity contribution in [1.82, 2.24) is 14.0 Å². The maximum Gasteiger partial charge on any atom is 0.416 e. The summed E-state index contributed by atoms with van der Waals surface area (Å²) in [5.74, 6) is -2.95. The number of aromatic nitrogens is 2. The molecule has 2 heterocycles. The van der Waals surface area contributed by atoms with Crippen LogP contribution in [0.15, 0.2) is 39.9 Å². The molecule has 230 valence electrons. The summed E-state index contributed by atoms with van der Waals surface area (Å²) in [6.07, 6.45) is -2.09. The molecule has 1 aliphatic heterocycles. The number of rotatable bonds is 7. The average Bonchev–Trinajstić information content (AvgIpc) is 3.75. The Morgan fingerprint density at radius 2 is 1.72 bits per heavy atom. The Bertz CT molecular complexity index is 1710. The Labute approximate surface area is 243 Å². The predicted octanol–water partition coefficient (Wildman–Crippen LogP) is 5.97. The zero-order chi connectivity index (χ0) is 31.2. The Morgan fingerprint density at radius 3 is 2.35 bits per heavy atom. The van der Waals surface area contributed by atoms with Gasteiger partial charge in [-0.25, -0.2) is 18.4 Å². The number of piperidine rings is 1. The van der Waals surface area contributed by atoms with E-state index >= 15 is 4.39 Å². The summed E-state index contributed by atoms with van der Waals surface area (Å²) < 4.78 is 70.6. The van der Waals surface area contributed by atoms with Crippen molar-refractivity contribution in [2.24, 2.45) is 11.8 Å². The number of benzene rings is 2. The first-order valence-electron chi connectivity index (χ1n) is 14.2. The molecular weight excluding hydrogens is 575 g/mol. The lowest BCUT2D eigenvalue weighted by Gasteiger charge is -2.32. The highest BCUT2D eigenvalue weighted by molar-refractivity contribution is 5.97. The van der Waals surface area contributed by atoms with E-state index in [1.54, 1.807) is 13.8 Å². The average molecular weight is 607 g/mol. The number of carbonyl (C=O) groups is 2. The molecule has 3 aromatic rings. The number of nitrogens with zero attached hydrogens (tertiary/aromatic N) is 3. The van der Waals surface area contributed by atoms with E-state index in [1.807, 2.05) is 0 Å². The van der Waals surface area contributed by atoms with Gasteiger partial charge in [-0.15, -0.1) is 0 Å².